The molecule has 4 unspecified atom stereocenters. The summed E-state index contributed by atoms with van der Waals surface area (Å²) in [5.41, 5.74) is 0. The van der Waals surface area contributed by atoms with Gasteiger partial charge in [-0.25, -0.2) is 13.1 Å². The number of amides is 1. The Morgan fingerprint density at radius 3 is 2.39 bits per heavy atom. The van der Waals surface area contributed by atoms with Crippen molar-refractivity contribution in [3.63, 3.8) is 0 Å². The first-order chi connectivity index (χ1) is 13.4. The van der Waals surface area contributed by atoms with Crippen molar-refractivity contribution in [2.24, 2.45) is 5.92 Å². The molecule has 3 fully saturated rings. The molecule has 3 aliphatic rings. The van der Waals surface area contributed by atoms with Gasteiger partial charge < -0.3 is 10.1 Å². The second-order valence-corrected chi connectivity index (χ2v) is 11.8. The quantitative estimate of drug-likeness (QED) is 0.506. The molecule has 2 saturated carbocycles. The Bertz CT molecular complexity index is 617. The van der Waals surface area contributed by atoms with E-state index in [9.17, 15) is 13.2 Å². The first-order valence-electron chi connectivity index (χ1n) is 10.6. The van der Waals surface area contributed by atoms with Gasteiger partial charge in [-0.2, -0.15) is 0 Å². The van der Waals surface area contributed by atoms with E-state index in [-0.39, 0.29) is 30.1 Å². The molecule has 28 heavy (non-hydrogen) atoms. The third-order valence-electron chi connectivity index (χ3n) is 6.42. The normalized spacial score (nSPS) is 37.4. The lowest BCUT2D eigenvalue weighted by Crippen LogP contribution is -2.52. The minimum atomic E-state index is -3.38. The van der Waals surface area contributed by atoms with Crippen molar-refractivity contribution < 1.29 is 17.9 Å². The number of rotatable bonds is 6. The van der Waals surface area contributed by atoms with Gasteiger partial charge in [0.15, 0.2) is 0 Å². The van der Waals surface area contributed by atoms with Crippen molar-refractivity contribution in [3.05, 3.63) is 0 Å². The number of hydrogen-bond acceptors (Lipinski definition) is 5. The number of alkyl halides is 1. The lowest BCUT2D eigenvalue weighted by molar-refractivity contribution is -0.127. The van der Waals surface area contributed by atoms with Crippen LogP contribution in [0.2, 0.25) is 0 Å². The summed E-state index contributed by atoms with van der Waals surface area (Å²) < 4.78 is 34.0. The number of carbonyl (C=O) groups is 1. The van der Waals surface area contributed by atoms with Crippen molar-refractivity contribution in [2.75, 3.05) is 13.7 Å². The Balaban J connectivity index is 1.49. The zero-order valence-corrected chi connectivity index (χ0v) is 19.1. The van der Waals surface area contributed by atoms with Crippen molar-refractivity contribution in [3.8, 4) is 0 Å². The first-order valence-corrected chi connectivity index (χ1v) is 13.1. The molecule has 7 nitrogen and oxygen atoms in total. The SMILES string of the molecule is COC1CCC(NC(=O)C2CCCC(S(=O)(=O)NC3CCC(Br)CC3)C2)CN1. The van der Waals surface area contributed by atoms with E-state index in [4.69, 9.17) is 4.74 Å². The maximum Gasteiger partial charge on any atom is 0.223 e. The first kappa shape index (κ1) is 22.5. The van der Waals surface area contributed by atoms with Gasteiger partial charge in [0.05, 0.1) is 5.25 Å². The fraction of sp³-hybridized carbons (Fsp3) is 0.947. The smallest absolute Gasteiger partial charge is 0.223 e. The Morgan fingerprint density at radius 1 is 1.04 bits per heavy atom. The number of sulfonamides is 1. The molecular weight excluding hydrogens is 446 g/mol. The van der Waals surface area contributed by atoms with E-state index in [1.54, 1.807) is 7.11 Å². The molecule has 0 aromatic heterocycles. The standard InChI is InChI=1S/C19H34BrN3O4S/c1-27-18-10-9-16(12-21-18)22-19(24)13-3-2-4-17(11-13)28(25,26)23-15-7-5-14(20)6-8-15/h13-18,21,23H,2-12H2,1H3,(H,22,24). The fourth-order valence-electron chi connectivity index (χ4n) is 4.64. The highest BCUT2D eigenvalue weighted by molar-refractivity contribution is 9.09. The molecule has 9 heteroatoms. The van der Waals surface area contributed by atoms with Crippen LogP contribution in [-0.4, -0.2) is 56.4 Å². The highest BCUT2D eigenvalue weighted by atomic mass is 79.9. The summed E-state index contributed by atoms with van der Waals surface area (Å²) in [5.74, 6) is -0.212. The number of methoxy groups -OCH3 is 1. The van der Waals surface area contributed by atoms with E-state index in [0.29, 0.717) is 24.2 Å². The van der Waals surface area contributed by atoms with Gasteiger partial charge in [0.25, 0.3) is 0 Å². The molecule has 2 aliphatic carbocycles. The number of ether oxygens (including phenoxy) is 1. The lowest BCUT2D eigenvalue weighted by Gasteiger charge is -2.33. The van der Waals surface area contributed by atoms with Gasteiger partial charge in [-0.3, -0.25) is 10.1 Å². The summed E-state index contributed by atoms with van der Waals surface area (Å²) >= 11 is 3.61. The van der Waals surface area contributed by atoms with E-state index in [1.807, 2.05) is 0 Å². The lowest BCUT2D eigenvalue weighted by atomic mass is 9.88. The monoisotopic (exact) mass is 479 g/mol. The number of nitrogens with one attached hydrogen (secondary N) is 3. The fourth-order valence-corrected chi connectivity index (χ4v) is 7.02. The zero-order valence-electron chi connectivity index (χ0n) is 16.7. The van der Waals surface area contributed by atoms with E-state index in [0.717, 1.165) is 51.4 Å². The molecule has 162 valence electrons. The van der Waals surface area contributed by atoms with Crippen LogP contribution >= 0.6 is 15.9 Å². The average molecular weight is 480 g/mol. The zero-order chi connectivity index (χ0) is 20.1. The highest BCUT2D eigenvalue weighted by Crippen LogP contribution is 2.31. The Kier molecular flexibility index (Phi) is 8.18. The Morgan fingerprint density at radius 2 is 1.75 bits per heavy atom. The molecule has 1 saturated heterocycles. The summed E-state index contributed by atoms with van der Waals surface area (Å²) in [5, 5.41) is 5.92. The average Bonchev–Trinajstić information content (AvgIpc) is 2.70. The predicted molar refractivity (Wildman–Crippen MR) is 113 cm³/mol. The van der Waals surface area contributed by atoms with Crippen molar-refractivity contribution >= 4 is 31.9 Å². The largest absolute Gasteiger partial charge is 0.367 e. The van der Waals surface area contributed by atoms with Crippen molar-refractivity contribution in [2.45, 2.75) is 92.6 Å². The molecule has 0 bridgehead atoms. The number of carbonyl (C=O) groups excluding carboxylic acids is 1. The van der Waals surface area contributed by atoms with Crippen LogP contribution < -0.4 is 15.4 Å². The third kappa shape index (κ3) is 6.14. The van der Waals surface area contributed by atoms with E-state index in [2.05, 4.69) is 31.3 Å². The highest BCUT2D eigenvalue weighted by Gasteiger charge is 2.37. The minimum absolute atomic E-state index is 0.00219. The van der Waals surface area contributed by atoms with Gasteiger partial charge in [-0.1, -0.05) is 22.4 Å². The molecule has 0 spiro atoms. The maximum absolute atomic E-state index is 12.9. The van der Waals surface area contributed by atoms with Crippen LogP contribution in [0.15, 0.2) is 0 Å². The van der Waals surface area contributed by atoms with Gasteiger partial charge in [0, 0.05) is 36.5 Å². The Hall–Kier alpha value is -0.220. The van der Waals surface area contributed by atoms with Crippen LogP contribution in [0.3, 0.4) is 0 Å². The molecule has 4 atom stereocenters. The van der Waals surface area contributed by atoms with Crippen LogP contribution in [-0.2, 0) is 19.6 Å². The summed E-state index contributed by atoms with van der Waals surface area (Å²) in [6.07, 6.45) is 8.19. The summed E-state index contributed by atoms with van der Waals surface area (Å²) in [4.78, 5) is 13.2. The molecule has 3 N–H and O–H groups in total. The molecule has 1 aliphatic heterocycles. The number of hydrogen-bond donors (Lipinski definition) is 3. The minimum Gasteiger partial charge on any atom is -0.367 e. The second-order valence-electron chi connectivity index (χ2n) is 8.51. The molecule has 0 aromatic rings. The topological polar surface area (TPSA) is 96.5 Å². The van der Waals surface area contributed by atoms with Crippen molar-refractivity contribution in [1.82, 2.24) is 15.4 Å². The van der Waals surface area contributed by atoms with Gasteiger partial charge in [-0.15, -0.1) is 0 Å². The maximum atomic E-state index is 12.9. The van der Waals surface area contributed by atoms with E-state index < -0.39 is 15.3 Å². The molecule has 3 rings (SSSR count). The molecular formula is C19H34BrN3O4S. The summed E-state index contributed by atoms with van der Waals surface area (Å²) in [7, 11) is -1.71. The van der Waals surface area contributed by atoms with Crippen LogP contribution in [0.25, 0.3) is 0 Å². The summed E-state index contributed by atoms with van der Waals surface area (Å²) in [6, 6.07) is 0.128. The molecule has 1 heterocycles. The van der Waals surface area contributed by atoms with Crippen LogP contribution in [0, 0.1) is 5.92 Å². The van der Waals surface area contributed by atoms with Crippen LogP contribution in [0.5, 0.6) is 0 Å². The second kappa shape index (κ2) is 10.2. The summed E-state index contributed by atoms with van der Waals surface area (Å²) in [6.45, 7) is 0.691. The number of piperidine rings is 1. The molecule has 0 aromatic carbocycles. The molecule has 0 radical (unpaired) electrons. The third-order valence-corrected chi connectivity index (χ3v) is 9.31. The van der Waals surface area contributed by atoms with Gasteiger partial charge in [0.1, 0.15) is 6.23 Å². The van der Waals surface area contributed by atoms with E-state index >= 15 is 0 Å². The van der Waals surface area contributed by atoms with Crippen LogP contribution in [0.1, 0.15) is 64.2 Å². The Labute approximate surface area is 177 Å². The van der Waals surface area contributed by atoms with Crippen LogP contribution in [0.4, 0.5) is 0 Å². The van der Waals surface area contributed by atoms with E-state index in [1.165, 1.54) is 0 Å². The van der Waals surface area contributed by atoms with Crippen molar-refractivity contribution in [1.29, 1.82) is 0 Å². The van der Waals surface area contributed by atoms with Gasteiger partial charge in [-0.05, 0) is 57.8 Å². The molecule has 1 amide bonds. The van der Waals surface area contributed by atoms with Gasteiger partial charge >= 0.3 is 0 Å². The number of halogens is 1. The van der Waals surface area contributed by atoms with Gasteiger partial charge in [0.2, 0.25) is 15.9 Å². The predicted octanol–water partition coefficient (Wildman–Crippen LogP) is 2.01.